The molecule has 1 aromatic carbocycles. The molecule has 23 heavy (non-hydrogen) atoms. The van der Waals surface area contributed by atoms with E-state index in [1.165, 1.54) is 11.3 Å². The summed E-state index contributed by atoms with van der Waals surface area (Å²) in [6, 6.07) is 15.1. The summed E-state index contributed by atoms with van der Waals surface area (Å²) in [6.45, 7) is 12.0. The van der Waals surface area contributed by atoms with Crippen LogP contribution in [0.2, 0.25) is 0 Å². The van der Waals surface area contributed by atoms with E-state index in [2.05, 4.69) is 78.0 Å². The molecule has 0 unspecified atom stereocenters. The minimum absolute atomic E-state index is 0.118. The molecule has 0 spiro atoms. The molecule has 1 aromatic heterocycles. The van der Waals surface area contributed by atoms with Crippen LogP contribution in [0.5, 0.6) is 0 Å². The number of hydrogen-bond donors (Lipinski definition) is 0. The van der Waals surface area contributed by atoms with Crippen LogP contribution < -0.4 is 4.90 Å². The Bertz CT molecular complexity index is 606. The van der Waals surface area contributed by atoms with E-state index in [9.17, 15) is 0 Å². The summed E-state index contributed by atoms with van der Waals surface area (Å²) in [4.78, 5) is 9.63. The molecule has 2 heterocycles. The summed E-state index contributed by atoms with van der Waals surface area (Å²) < 4.78 is 0. The molecule has 0 radical (unpaired) electrons. The van der Waals surface area contributed by atoms with Crippen LogP contribution in [0.4, 0.5) is 5.69 Å². The van der Waals surface area contributed by atoms with Gasteiger partial charge in [-0.15, -0.1) is 0 Å². The van der Waals surface area contributed by atoms with Crippen molar-refractivity contribution in [3.8, 4) is 0 Å². The highest BCUT2D eigenvalue weighted by Crippen LogP contribution is 2.23. The predicted octanol–water partition coefficient (Wildman–Crippen LogP) is 3.70. The lowest BCUT2D eigenvalue weighted by molar-refractivity contribution is 0.250. The van der Waals surface area contributed by atoms with Gasteiger partial charge in [-0.1, -0.05) is 51.1 Å². The van der Waals surface area contributed by atoms with E-state index in [0.29, 0.717) is 0 Å². The first-order valence-corrected chi connectivity index (χ1v) is 8.50. The zero-order chi connectivity index (χ0) is 16.3. The molecule has 0 aliphatic carbocycles. The molecular weight excluding hydrogens is 282 g/mol. The molecule has 0 N–H and O–H groups in total. The highest BCUT2D eigenvalue weighted by molar-refractivity contribution is 5.45. The fraction of sp³-hybridized carbons (Fsp3) is 0.450. The maximum atomic E-state index is 4.66. The van der Waals surface area contributed by atoms with Gasteiger partial charge in [0, 0.05) is 43.8 Å². The normalized spacial score (nSPS) is 16.6. The quantitative estimate of drug-likeness (QED) is 0.862. The van der Waals surface area contributed by atoms with Crippen LogP contribution in [0.15, 0.2) is 48.7 Å². The molecule has 3 rings (SSSR count). The number of anilines is 1. The highest BCUT2D eigenvalue weighted by atomic mass is 15.3. The predicted molar refractivity (Wildman–Crippen MR) is 96.9 cm³/mol. The van der Waals surface area contributed by atoms with E-state index in [0.717, 1.165) is 38.4 Å². The van der Waals surface area contributed by atoms with Gasteiger partial charge in [0.05, 0.1) is 11.9 Å². The Labute approximate surface area is 140 Å². The topological polar surface area (TPSA) is 19.4 Å². The molecule has 3 nitrogen and oxygen atoms in total. The first-order chi connectivity index (χ1) is 11.0. The maximum absolute atomic E-state index is 4.66. The number of piperazine rings is 1. The third-order valence-electron chi connectivity index (χ3n) is 4.50. The second kappa shape index (κ2) is 6.71. The Morgan fingerprint density at radius 2 is 1.61 bits per heavy atom. The fourth-order valence-electron chi connectivity index (χ4n) is 3.02. The number of pyridine rings is 1. The number of aromatic nitrogens is 1. The van der Waals surface area contributed by atoms with Crippen molar-refractivity contribution in [1.82, 2.24) is 9.88 Å². The monoisotopic (exact) mass is 309 g/mol. The Balaban J connectivity index is 1.56. The lowest BCUT2D eigenvalue weighted by Crippen LogP contribution is -2.46. The molecule has 1 saturated heterocycles. The molecule has 1 aliphatic heterocycles. The van der Waals surface area contributed by atoms with Gasteiger partial charge >= 0.3 is 0 Å². The molecule has 0 saturated carbocycles. The van der Waals surface area contributed by atoms with Crippen molar-refractivity contribution in [2.75, 3.05) is 31.1 Å². The Hall–Kier alpha value is -1.87. The van der Waals surface area contributed by atoms with E-state index in [1.807, 2.05) is 6.20 Å². The van der Waals surface area contributed by atoms with Crippen LogP contribution in [0.1, 0.15) is 32.0 Å². The highest BCUT2D eigenvalue weighted by Gasteiger charge is 2.19. The van der Waals surface area contributed by atoms with Gasteiger partial charge in [0.1, 0.15) is 0 Å². The molecule has 3 heteroatoms. The molecule has 1 fully saturated rings. The van der Waals surface area contributed by atoms with Gasteiger partial charge in [-0.2, -0.15) is 0 Å². The van der Waals surface area contributed by atoms with Gasteiger partial charge in [0.2, 0.25) is 0 Å². The number of nitrogens with zero attached hydrogens (tertiary/aromatic N) is 3. The Morgan fingerprint density at radius 1 is 0.913 bits per heavy atom. The van der Waals surface area contributed by atoms with Gasteiger partial charge in [0.15, 0.2) is 0 Å². The summed E-state index contributed by atoms with van der Waals surface area (Å²) >= 11 is 0. The number of hydrogen-bond acceptors (Lipinski definition) is 3. The fourth-order valence-corrected chi connectivity index (χ4v) is 3.02. The van der Waals surface area contributed by atoms with Gasteiger partial charge < -0.3 is 4.90 Å². The summed E-state index contributed by atoms with van der Waals surface area (Å²) in [5.74, 6) is 0. The van der Waals surface area contributed by atoms with E-state index in [-0.39, 0.29) is 5.41 Å². The van der Waals surface area contributed by atoms with Crippen molar-refractivity contribution >= 4 is 5.69 Å². The molecule has 2 aromatic rings. The van der Waals surface area contributed by atoms with Crippen molar-refractivity contribution < 1.29 is 0 Å². The minimum atomic E-state index is 0.118. The van der Waals surface area contributed by atoms with Crippen LogP contribution in [0, 0.1) is 0 Å². The second-order valence-electron chi connectivity index (χ2n) is 7.40. The summed E-state index contributed by atoms with van der Waals surface area (Å²) in [6.07, 6.45) is 2.04. The lowest BCUT2D eigenvalue weighted by Gasteiger charge is -2.36. The summed E-state index contributed by atoms with van der Waals surface area (Å²) in [5, 5.41) is 0. The standard InChI is InChI=1S/C20H27N3/c1-20(2,3)19-10-9-18(15-21-19)23-13-11-22(12-14-23)16-17-7-5-4-6-8-17/h4-10,15H,11-14,16H2,1-3H3. The molecule has 1 aliphatic rings. The molecular formula is C20H27N3. The zero-order valence-corrected chi connectivity index (χ0v) is 14.5. The Kier molecular flexibility index (Phi) is 4.67. The van der Waals surface area contributed by atoms with Crippen molar-refractivity contribution in [3.05, 3.63) is 59.9 Å². The molecule has 0 bridgehead atoms. The summed E-state index contributed by atoms with van der Waals surface area (Å²) in [7, 11) is 0. The average Bonchev–Trinajstić information content (AvgIpc) is 2.56. The Morgan fingerprint density at radius 3 is 2.17 bits per heavy atom. The van der Waals surface area contributed by atoms with Crippen molar-refractivity contribution in [2.45, 2.75) is 32.7 Å². The second-order valence-corrected chi connectivity index (χ2v) is 7.40. The largest absolute Gasteiger partial charge is 0.368 e. The van der Waals surface area contributed by atoms with Crippen LogP contribution in [0.3, 0.4) is 0 Å². The number of rotatable bonds is 3. The number of benzene rings is 1. The van der Waals surface area contributed by atoms with Crippen LogP contribution >= 0.6 is 0 Å². The van der Waals surface area contributed by atoms with E-state index in [1.54, 1.807) is 0 Å². The van der Waals surface area contributed by atoms with Gasteiger partial charge in [0.25, 0.3) is 0 Å². The van der Waals surface area contributed by atoms with Gasteiger partial charge in [-0.25, -0.2) is 0 Å². The minimum Gasteiger partial charge on any atom is -0.368 e. The zero-order valence-electron chi connectivity index (χ0n) is 14.5. The van der Waals surface area contributed by atoms with E-state index in [4.69, 9.17) is 0 Å². The SMILES string of the molecule is CC(C)(C)c1ccc(N2CCN(Cc3ccccc3)CC2)cn1. The maximum Gasteiger partial charge on any atom is 0.0553 e. The molecule has 0 atom stereocenters. The first kappa shape index (κ1) is 16.0. The van der Waals surface area contributed by atoms with Crippen LogP contribution in [0.25, 0.3) is 0 Å². The third kappa shape index (κ3) is 4.11. The van der Waals surface area contributed by atoms with Gasteiger partial charge in [-0.05, 0) is 17.7 Å². The molecule has 122 valence electrons. The van der Waals surface area contributed by atoms with Gasteiger partial charge in [-0.3, -0.25) is 9.88 Å². The average molecular weight is 309 g/mol. The third-order valence-corrected chi connectivity index (χ3v) is 4.50. The lowest BCUT2D eigenvalue weighted by atomic mass is 9.92. The van der Waals surface area contributed by atoms with E-state index >= 15 is 0 Å². The molecule has 0 amide bonds. The van der Waals surface area contributed by atoms with Crippen LogP contribution in [-0.2, 0) is 12.0 Å². The van der Waals surface area contributed by atoms with Crippen molar-refractivity contribution in [1.29, 1.82) is 0 Å². The van der Waals surface area contributed by atoms with Crippen molar-refractivity contribution in [2.24, 2.45) is 0 Å². The van der Waals surface area contributed by atoms with E-state index < -0.39 is 0 Å². The van der Waals surface area contributed by atoms with Crippen molar-refractivity contribution in [3.63, 3.8) is 0 Å². The summed E-state index contributed by atoms with van der Waals surface area (Å²) in [5.41, 5.74) is 3.92. The first-order valence-electron chi connectivity index (χ1n) is 8.50. The smallest absolute Gasteiger partial charge is 0.0553 e. The van der Waals surface area contributed by atoms with Crippen LogP contribution in [-0.4, -0.2) is 36.1 Å².